The van der Waals surface area contributed by atoms with Gasteiger partial charge in [-0.3, -0.25) is 9.59 Å². The number of esters is 2. The van der Waals surface area contributed by atoms with Gasteiger partial charge in [-0.1, -0.05) is 26.2 Å². The number of hydrogen-bond donors (Lipinski definition) is 0. The summed E-state index contributed by atoms with van der Waals surface area (Å²) in [5.41, 5.74) is 0. The molecule has 0 heterocycles. The SMILES string of the molecule is CCCCCCC(CC(C)OC(C)=O)OC(C)=O. The van der Waals surface area contributed by atoms with Gasteiger partial charge in [0.1, 0.15) is 12.2 Å². The van der Waals surface area contributed by atoms with Crippen molar-refractivity contribution >= 4 is 11.9 Å². The molecule has 0 bridgehead atoms. The molecule has 0 saturated heterocycles. The third-order valence-electron chi connectivity index (χ3n) is 2.67. The van der Waals surface area contributed by atoms with E-state index in [1.807, 2.05) is 6.92 Å². The lowest BCUT2D eigenvalue weighted by atomic mass is 10.0. The maximum Gasteiger partial charge on any atom is 0.302 e. The average molecular weight is 258 g/mol. The van der Waals surface area contributed by atoms with Crippen molar-refractivity contribution in [3.8, 4) is 0 Å². The van der Waals surface area contributed by atoms with Crippen LogP contribution in [0.2, 0.25) is 0 Å². The summed E-state index contributed by atoms with van der Waals surface area (Å²) in [4.78, 5) is 21.8. The molecule has 0 aromatic rings. The topological polar surface area (TPSA) is 52.6 Å². The summed E-state index contributed by atoms with van der Waals surface area (Å²) in [5, 5.41) is 0. The Hall–Kier alpha value is -1.06. The van der Waals surface area contributed by atoms with E-state index in [1.54, 1.807) is 0 Å². The molecule has 0 rings (SSSR count). The molecule has 2 atom stereocenters. The van der Waals surface area contributed by atoms with E-state index in [4.69, 9.17) is 9.47 Å². The van der Waals surface area contributed by atoms with Crippen molar-refractivity contribution < 1.29 is 19.1 Å². The number of carbonyl (C=O) groups excluding carboxylic acids is 2. The minimum atomic E-state index is -0.296. The molecule has 18 heavy (non-hydrogen) atoms. The third-order valence-corrected chi connectivity index (χ3v) is 2.67. The summed E-state index contributed by atoms with van der Waals surface area (Å²) in [6.07, 6.45) is 5.63. The van der Waals surface area contributed by atoms with E-state index in [0.717, 1.165) is 19.3 Å². The maximum atomic E-state index is 11.0. The first-order chi connectivity index (χ1) is 8.45. The minimum absolute atomic E-state index is 0.145. The highest BCUT2D eigenvalue weighted by atomic mass is 16.6. The number of carbonyl (C=O) groups is 2. The van der Waals surface area contributed by atoms with Crippen LogP contribution < -0.4 is 0 Å². The van der Waals surface area contributed by atoms with Gasteiger partial charge in [0, 0.05) is 20.3 Å². The Bertz CT molecular complexity index is 250. The first-order valence-electron chi connectivity index (χ1n) is 6.80. The van der Waals surface area contributed by atoms with Crippen LogP contribution in [0.15, 0.2) is 0 Å². The van der Waals surface area contributed by atoms with Crippen molar-refractivity contribution in [2.24, 2.45) is 0 Å². The molecule has 0 fully saturated rings. The van der Waals surface area contributed by atoms with Crippen molar-refractivity contribution in [2.45, 2.75) is 78.4 Å². The second kappa shape index (κ2) is 9.92. The van der Waals surface area contributed by atoms with Crippen LogP contribution in [0.1, 0.15) is 66.2 Å². The molecular weight excluding hydrogens is 232 g/mol. The Labute approximate surface area is 110 Å². The fourth-order valence-electron chi connectivity index (χ4n) is 1.96. The number of unbranched alkanes of at least 4 members (excludes halogenated alkanes) is 3. The third kappa shape index (κ3) is 10.1. The normalized spacial score (nSPS) is 13.8. The predicted octanol–water partition coefficient (Wildman–Crippen LogP) is 3.23. The Morgan fingerprint density at radius 2 is 1.61 bits per heavy atom. The van der Waals surface area contributed by atoms with Gasteiger partial charge in [0.05, 0.1) is 0 Å². The molecular formula is C14H26O4. The van der Waals surface area contributed by atoms with Gasteiger partial charge in [-0.15, -0.1) is 0 Å². The zero-order chi connectivity index (χ0) is 14.0. The van der Waals surface area contributed by atoms with Gasteiger partial charge in [0.15, 0.2) is 0 Å². The Balaban J connectivity index is 4.04. The summed E-state index contributed by atoms with van der Waals surface area (Å²) in [7, 11) is 0. The molecule has 0 spiro atoms. The maximum absolute atomic E-state index is 11.0. The van der Waals surface area contributed by atoms with Crippen molar-refractivity contribution in [1.82, 2.24) is 0 Å². The summed E-state index contributed by atoms with van der Waals surface area (Å²) >= 11 is 0. The van der Waals surface area contributed by atoms with Gasteiger partial charge in [0.25, 0.3) is 0 Å². The monoisotopic (exact) mass is 258 g/mol. The highest BCUT2D eigenvalue weighted by Gasteiger charge is 2.17. The highest BCUT2D eigenvalue weighted by molar-refractivity contribution is 5.66. The molecule has 2 unspecified atom stereocenters. The molecule has 0 N–H and O–H groups in total. The number of hydrogen-bond acceptors (Lipinski definition) is 4. The standard InChI is InChI=1S/C14H26O4/c1-5-6-7-8-9-14(18-13(4)16)10-11(2)17-12(3)15/h11,14H,5-10H2,1-4H3. The Morgan fingerprint density at radius 3 is 2.11 bits per heavy atom. The molecule has 0 saturated carbocycles. The van der Waals surface area contributed by atoms with Crippen LogP contribution in [0.25, 0.3) is 0 Å². The molecule has 0 radical (unpaired) electrons. The lowest BCUT2D eigenvalue weighted by Crippen LogP contribution is -2.24. The summed E-state index contributed by atoms with van der Waals surface area (Å²) in [5.74, 6) is -0.569. The quantitative estimate of drug-likeness (QED) is 0.470. The molecule has 4 heteroatoms. The summed E-state index contributed by atoms with van der Waals surface area (Å²) in [6.45, 7) is 6.78. The van der Waals surface area contributed by atoms with E-state index >= 15 is 0 Å². The summed E-state index contributed by atoms with van der Waals surface area (Å²) < 4.78 is 10.3. The van der Waals surface area contributed by atoms with Crippen LogP contribution in [-0.2, 0) is 19.1 Å². The van der Waals surface area contributed by atoms with Gasteiger partial charge in [-0.2, -0.15) is 0 Å². The van der Waals surface area contributed by atoms with E-state index in [1.165, 1.54) is 26.7 Å². The van der Waals surface area contributed by atoms with Crippen molar-refractivity contribution in [3.63, 3.8) is 0 Å². The summed E-state index contributed by atoms with van der Waals surface area (Å²) in [6, 6.07) is 0. The van der Waals surface area contributed by atoms with Crippen LogP contribution in [0.5, 0.6) is 0 Å². The van der Waals surface area contributed by atoms with Gasteiger partial charge in [-0.05, 0) is 19.8 Å². The fraction of sp³-hybridized carbons (Fsp3) is 0.857. The highest BCUT2D eigenvalue weighted by Crippen LogP contribution is 2.15. The molecule has 0 aliphatic rings. The van der Waals surface area contributed by atoms with Crippen LogP contribution in [-0.4, -0.2) is 24.1 Å². The van der Waals surface area contributed by atoms with E-state index < -0.39 is 0 Å². The first-order valence-corrected chi connectivity index (χ1v) is 6.80. The molecule has 4 nitrogen and oxygen atoms in total. The first kappa shape index (κ1) is 16.9. The lowest BCUT2D eigenvalue weighted by Gasteiger charge is -2.20. The molecule has 0 aliphatic heterocycles. The molecule has 0 amide bonds. The molecule has 106 valence electrons. The molecule has 0 aliphatic carbocycles. The fourth-order valence-corrected chi connectivity index (χ4v) is 1.96. The van der Waals surface area contributed by atoms with Crippen molar-refractivity contribution in [1.29, 1.82) is 0 Å². The van der Waals surface area contributed by atoms with Crippen LogP contribution in [0, 0.1) is 0 Å². The van der Waals surface area contributed by atoms with E-state index in [0.29, 0.717) is 6.42 Å². The minimum Gasteiger partial charge on any atom is -0.463 e. The predicted molar refractivity (Wildman–Crippen MR) is 70.2 cm³/mol. The Kier molecular flexibility index (Phi) is 9.33. The second-order valence-electron chi connectivity index (χ2n) is 4.74. The van der Waals surface area contributed by atoms with Crippen LogP contribution in [0.4, 0.5) is 0 Å². The zero-order valence-corrected chi connectivity index (χ0v) is 12.0. The van der Waals surface area contributed by atoms with Crippen LogP contribution >= 0.6 is 0 Å². The van der Waals surface area contributed by atoms with E-state index in [9.17, 15) is 9.59 Å². The van der Waals surface area contributed by atoms with Gasteiger partial charge in [0.2, 0.25) is 0 Å². The van der Waals surface area contributed by atoms with Gasteiger partial charge >= 0.3 is 11.9 Å². The van der Waals surface area contributed by atoms with E-state index in [2.05, 4.69) is 6.92 Å². The van der Waals surface area contributed by atoms with Crippen LogP contribution in [0.3, 0.4) is 0 Å². The zero-order valence-electron chi connectivity index (χ0n) is 12.0. The lowest BCUT2D eigenvalue weighted by molar-refractivity contribution is -0.152. The number of ether oxygens (including phenoxy) is 2. The number of rotatable bonds is 9. The van der Waals surface area contributed by atoms with Gasteiger partial charge < -0.3 is 9.47 Å². The van der Waals surface area contributed by atoms with E-state index in [-0.39, 0.29) is 24.1 Å². The largest absolute Gasteiger partial charge is 0.463 e. The molecule has 0 aromatic heterocycles. The average Bonchev–Trinajstić information content (AvgIpc) is 2.22. The van der Waals surface area contributed by atoms with Crippen molar-refractivity contribution in [3.05, 3.63) is 0 Å². The molecule has 0 aromatic carbocycles. The van der Waals surface area contributed by atoms with Gasteiger partial charge in [-0.25, -0.2) is 0 Å². The second-order valence-corrected chi connectivity index (χ2v) is 4.74. The Morgan fingerprint density at radius 1 is 1.00 bits per heavy atom. The van der Waals surface area contributed by atoms with Crippen molar-refractivity contribution in [2.75, 3.05) is 0 Å². The smallest absolute Gasteiger partial charge is 0.302 e.